The molecule has 2 rings (SSSR count). The summed E-state index contributed by atoms with van der Waals surface area (Å²) in [6, 6.07) is 8.59. The summed E-state index contributed by atoms with van der Waals surface area (Å²) in [4.78, 5) is 9.92. The lowest BCUT2D eigenvalue weighted by Gasteiger charge is -2.15. The predicted octanol–water partition coefficient (Wildman–Crippen LogP) is 7.66. The van der Waals surface area contributed by atoms with E-state index < -0.39 is 0 Å². The van der Waals surface area contributed by atoms with Crippen molar-refractivity contribution in [2.24, 2.45) is 9.98 Å². The Bertz CT molecular complexity index is 640. The van der Waals surface area contributed by atoms with E-state index in [1.807, 2.05) is 0 Å². The summed E-state index contributed by atoms with van der Waals surface area (Å²) < 4.78 is 0. The van der Waals surface area contributed by atoms with E-state index in [2.05, 4.69) is 50.3 Å². The number of rotatable bonds is 14. The van der Waals surface area contributed by atoms with Crippen molar-refractivity contribution >= 4 is 17.5 Å². The number of fused-ring (bicyclic) bond motifs is 1. The van der Waals surface area contributed by atoms with Gasteiger partial charge in [0.1, 0.15) is 0 Å². The lowest BCUT2D eigenvalue weighted by Crippen LogP contribution is -2.19. The second-order valence-corrected chi connectivity index (χ2v) is 7.95. The molecule has 0 fully saturated rings. The molecule has 0 radical (unpaired) electrons. The fourth-order valence-corrected chi connectivity index (χ4v) is 3.71. The van der Waals surface area contributed by atoms with E-state index in [9.17, 15) is 0 Å². The van der Waals surface area contributed by atoms with Crippen LogP contribution in [0.5, 0.6) is 0 Å². The van der Waals surface area contributed by atoms with Crippen LogP contribution in [0.1, 0.15) is 102 Å². The zero-order valence-electron chi connectivity index (χ0n) is 18.3. The Kier molecular flexibility index (Phi) is 11.6. The molecule has 1 aliphatic carbocycles. The number of hydrogen-bond acceptors (Lipinski definition) is 2. The Morgan fingerprint density at radius 1 is 0.607 bits per heavy atom. The van der Waals surface area contributed by atoms with Crippen LogP contribution in [0.25, 0.3) is 6.08 Å². The first kappa shape index (κ1) is 22.6. The minimum Gasteiger partial charge on any atom is -0.283 e. The molecule has 28 heavy (non-hydrogen) atoms. The summed E-state index contributed by atoms with van der Waals surface area (Å²) in [7, 11) is 0. The van der Waals surface area contributed by atoms with Gasteiger partial charge in [0.25, 0.3) is 0 Å². The number of benzene rings is 1. The van der Waals surface area contributed by atoms with Crippen molar-refractivity contribution in [2.75, 3.05) is 13.1 Å². The third-order valence-electron chi connectivity index (χ3n) is 5.45. The lowest BCUT2D eigenvalue weighted by molar-refractivity contribution is 0.612. The van der Waals surface area contributed by atoms with Crippen molar-refractivity contribution in [3.8, 4) is 0 Å². The number of allylic oxidation sites excluding steroid dienone is 1. The van der Waals surface area contributed by atoms with Gasteiger partial charge in [-0.15, -0.1) is 0 Å². The predicted molar refractivity (Wildman–Crippen MR) is 126 cm³/mol. The summed E-state index contributed by atoms with van der Waals surface area (Å²) >= 11 is 0. The molecule has 1 aliphatic rings. The highest BCUT2D eigenvalue weighted by molar-refractivity contribution is 6.54. The van der Waals surface area contributed by atoms with Gasteiger partial charge in [0.05, 0.1) is 11.4 Å². The van der Waals surface area contributed by atoms with Gasteiger partial charge in [0, 0.05) is 18.7 Å². The van der Waals surface area contributed by atoms with Crippen LogP contribution in [0.2, 0.25) is 0 Å². The molecular weight excluding hydrogens is 340 g/mol. The molecule has 0 amide bonds. The highest BCUT2D eigenvalue weighted by atomic mass is 14.8. The van der Waals surface area contributed by atoms with Crippen molar-refractivity contribution in [3.05, 3.63) is 41.5 Å². The number of unbranched alkanes of at least 4 members (excludes halogenated alkanes) is 10. The maximum absolute atomic E-state index is 5.00. The van der Waals surface area contributed by atoms with E-state index in [-0.39, 0.29) is 0 Å². The van der Waals surface area contributed by atoms with Crippen molar-refractivity contribution in [1.29, 1.82) is 0 Å². The molecule has 0 aliphatic heterocycles. The van der Waals surface area contributed by atoms with Gasteiger partial charge in [-0.3, -0.25) is 9.98 Å². The standard InChI is InChI=1S/C26H40N2/c1-3-5-7-9-11-15-21-27-25-20-19-23-17-13-14-18-24(23)26(25)28-22-16-12-10-8-6-4-2/h13-14,17-20H,3-12,15-16,21-22H2,1-2H3. The third kappa shape index (κ3) is 8.12. The molecule has 0 unspecified atom stereocenters. The van der Waals surface area contributed by atoms with Crippen molar-refractivity contribution in [2.45, 2.75) is 90.9 Å². The molecule has 0 heterocycles. The summed E-state index contributed by atoms with van der Waals surface area (Å²) in [6.45, 7) is 6.38. The highest BCUT2D eigenvalue weighted by Gasteiger charge is 2.16. The molecule has 0 bridgehead atoms. The first-order chi connectivity index (χ1) is 13.9. The van der Waals surface area contributed by atoms with Crippen LogP contribution in [-0.4, -0.2) is 24.5 Å². The zero-order chi connectivity index (χ0) is 19.9. The minimum atomic E-state index is 0.916. The van der Waals surface area contributed by atoms with E-state index in [0.717, 1.165) is 24.5 Å². The van der Waals surface area contributed by atoms with Crippen LogP contribution in [0.4, 0.5) is 0 Å². The van der Waals surface area contributed by atoms with Crippen molar-refractivity contribution < 1.29 is 0 Å². The second kappa shape index (κ2) is 14.3. The van der Waals surface area contributed by atoms with Crippen LogP contribution in [-0.2, 0) is 0 Å². The third-order valence-corrected chi connectivity index (χ3v) is 5.45. The van der Waals surface area contributed by atoms with Gasteiger partial charge in [0.15, 0.2) is 0 Å². The Balaban J connectivity index is 1.91. The number of nitrogens with zero attached hydrogens (tertiary/aromatic N) is 2. The minimum absolute atomic E-state index is 0.916. The van der Waals surface area contributed by atoms with Gasteiger partial charge >= 0.3 is 0 Å². The van der Waals surface area contributed by atoms with Crippen LogP contribution in [0.15, 0.2) is 40.3 Å². The number of hydrogen-bond donors (Lipinski definition) is 0. The lowest BCUT2D eigenvalue weighted by atomic mass is 9.94. The van der Waals surface area contributed by atoms with Crippen LogP contribution < -0.4 is 0 Å². The van der Waals surface area contributed by atoms with Crippen molar-refractivity contribution in [1.82, 2.24) is 0 Å². The molecule has 1 aromatic rings. The van der Waals surface area contributed by atoms with E-state index in [0.29, 0.717) is 0 Å². The number of aliphatic imine (C=N–C) groups is 2. The maximum atomic E-state index is 5.00. The second-order valence-electron chi connectivity index (χ2n) is 7.95. The van der Waals surface area contributed by atoms with Crippen molar-refractivity contribution in [3.63, 3.8) is 0 Å². The smallest absolute Gasteiger partial charge is 0.0904 e. The molecule has 154 valence electrons. The van der Waals surface area contributed by atoms with E-state index in [1.165, 1.54) is 88.2 Å². The zero-order valence-corrected chi connectivity index (χ0v) is 18.3. The monoisotopic (exact) mass is 380 g/mol. The molecule has 0 aromatic heterocycles. The van der Waals surface area contributed by atoms with E-state index in [1.54, 1.807) is 0 Å². The first-order valence-corrected chi connectivity index (χ1v) is 11.7. The molecule has 0 spiro atoms. The Hall–Kier alpha value is -1.70. The van der Waals surface area contributed by atoms with Gasteiger partial charge in [-0.2, -0.15) is 0 Å². The van der Waals surface area contributed by atoms with E-state index in [4.69, 9.17) is 9.98 Å². The average molecular weight is 381 g/mol. The quantitative estimate of drug-likeness (QED) is 0.296. The molecule has 0 saturated heterocycles. The fraction of sp³-hybridized carbons (Fsp3) is 0.615. The largest absolute Gasteiger partial charge is 0.283 e. The van der Waals surface area contributed by atoms with Gasteiger partial charge in [-0.1, -0.05) is 108 Å². The molecule has 0 saturated carbocycles. The molecule has 0 atom stereocenters. The summed E-state index contributed by atoms with van der Waals surface area (Å²) in [6.07, 6.45) is 20.1. The molecular formula is C26H40N2. The maximum Gasteiger partial charge on any atom is 0.0904 e. The topological polar surface area (TPSA) is 24.7 Å². The Labute approximate surface area is 173 Å². The molecule has 2 heteroatoms. The Morgan fingerprint density at radius 2 is 1.18 bits per heavy atom. The molecule has 0 N–H and O–H groups in total. The van der Waals surface area contributed by atoms with Gasteiger partial charge in [0.2, 0.25) is 0 Å². The fourth-order valence-electron chi connectivity index (χ4n) is 3.71. The summed E-state index contributed by atoms with van der Waals surface area (Å²) in [5.41, 5.74) is 4.70. The first-order valence-electron chi connectivity index (χ1n) is 11.7. The average Bonchev–Trinajstić information content (AvgIpc) is 2.73. The van der Waals surface area contributed by atoms with Gasteiger partial charge < -0.3 is 0 Å². The summed E-state index contributed by atoms with van der Waals surface area (Å²) in [5.74, 6) is 0. The highest BCUT2D eigenvalue weighted by Crippen LogP contribution is 2.19. The van der Waals surface area contributed by atoms with Crippen LogP contribution >= 0.6 is 0 Å². The SMILES string of the molecule is CCCCCCCCN=C1C=Cc2ccccc2C1=NCCCCCCCC. The normalized spacial score (nSPS) is 16.1. The van der Waals surface area contributed by atoms with Crippen LogP contribution in [0, 0.1) is 0 Å². The van der Waals surface area contributed by atoms with Crippen LogP contribution in [0.3, 0.4) is 0 Å². The van der Waals surface area contributed by atoms with E-state index >= 15 is 0 Å². The summed E-state index contributed by atoms with van der Waals surface area (Å²) in [5, 5.41) is 0. The van der Waals surface area contributed by atoms with Gasteiger partial charge in [-0.05, 0) is 24.5 Å². The Morgan fingerprint density at radius 3 is 1.86 bits per heavy atom. The molecule has 2 nitrogen and oxygen atoms in total. The van der Waals surface area contributed by atoms with Gasteiger partial charge in [-0.25, -0.2) is 0 Å². The molecule has 1 aromatic carbocycles.